The van der Waals surface area contributed by atoms with Gasteiger partial charge < -0.3 is 112 Å². The summed E-state index contributed by atoms with van der Waals surface area (Å²) in [5.41, 5.74) is 0. The van der Waals surface area contributed by atoms with E-state index in [0.29, 0.717) is 0 Å². The Balaban J connectivity index is 1.04. The molecule has 16 bridgehead atoms. The number of hydrogen-bond donors (Lipinski definition) is 2. The second kappa shape index (κ2) is 10.9. The van der Waals surface area contributed by atoms with E-state index in [1.807, 2.05) is 0 Å². The number of hydrogen-bond acceptors (Lipinski definition) is 27. The summed E-state index contributed by atoms with van der Waals surface area (Å²) in [6.45, 7) is 0. The Labute approximate surface area is 261 Å². The molecule has 12 saturated heterocycles. The molecule has 0 atom stereocenters. The molecule has 2 N–H and O–H groups in total. The van der Waals surface area contributed by atoms with Gasteiger partial charge in [-0.3, -0.25) is 0 Å². The summed E-state index contributed by atoms with van der Waals surface area (Å²) in [5, 5.41) is 0. The molecular weight excluding hydrogens is 881 g/mol. The fourth-order valence-electron chi connectivity index (χ4n) is 3.34. The van der Waals surface area contributed by atoms with E-state index in [4.69, 9.17) is 103 Å². The summed E-state index contributed by atoms with van der Waals surface area (Å²) < 4.78 is 146. The lowest BCUT2D eigenvalue weighted by atomic mass is 15.5. The zero-order valence-electron chi connectivity index (χ0n) is 19.1. The Bertz CT molecular complexity index is 877. The van der Waals surface area contributed by atoms with Crippen LogP contribution in [0.5, 0.6) is 0 Å². The molecule has 0 aromatic rings. The molecular formula is H2O27Si16. The minimum absolute atomic E-state index is 2.89. The molecule has 43 heavy (non-hydrogen) atoms. The minimum atomic E-state index is -4.80. The molecule has 12 aliphatic rings. The summed E-state index contributed by atoms with van der Waals surface area (Å²) in [6, 6.07) is 0. The highest BCUT2D eigenvalue weighted by Crippen LogP contribution is 2.38. The van der Waals surface area contributed by atoms with Crippen molar-refractivity contribution in [2.45, 2.75) is 0 Å². The molecule has 12 heterocycles. The smallest absolute Gasteiger partial charge is 0.369 e. The van der Waals surface area contributed by atoms with Crippen LogP contribution in [0.4, 0.5) is 0 Å². The highest BCUT2D eigenvalue weighted by molar-refractivity contribution is 6.91. The van der Waals surface area contributed by atoms with Gasteiger partial charge >= 0.3 is 151 Å². The van der Waals surface area contributed by atoms with E-state index in [2.05, 4.69) is 0 Å². The molecule has 12 rings (SSSR count). The fraction of sp³-hybridized carbons (Fsp3) is 0. The largest absolute Gasteiger partial charge is 0.654 e. The minimum Gasteiger partial charge on any atom is -0.369 e. The van der Waals surface area contributed by atoms with Crippen molar-refractivity contribution in [3.63, 3.8) is 0 Å². The first-order valence-electron chi connectivity index (χ1n) is 10.7. The van der Waals surface area contributed by atoms with Crippen LogP contribution < -0.4 is 0 Å². The lowest BCUT2D eigenvalue weighted by Gasteiger charge is -2.48. The van der Waals surface area contributed by atoms with Gasteiger partial charge in [0.25, 0.3) is 0 Å². The second-order valence-electron chi connectivity index (χ2n) is 7.60. The lowest BCUT2D eigenvalue weighted by Crippen LogP contribution is -2.79. The summed E-state index contributed by atoms with van der Waals surface area (Å²) in [6.07, 6.45) is 0. The molecule has 12 fully saturated rings. The molecule has 0 saturated carbocycles. The molecule has 27 nitrogen and oxygen atoms in total. The van der Waals surface area contributed by atoms with E-state index in [-0.39, 0.29) is 0 Å². The standard InChI is InChI=1S/H2O27Si16/c1-40-15-28-3-34-5-29(16-40)6-36-8-30(17-40)7-35(4-28)22-42(21-34,23-36)27-43-24-37-9-31-10-38(25-43)13-33-14-39(26-43)12-32(11-37)19-41(2,18-31)20-33/h1-2H. The maximum absolute atomic E-state index is 10.8. The molecule has 0 spiro atoms. The molecule has 43 heteroatoms. The van der Waals surface area contributed by atoms with Crippen LogP contribution in [0.1, 0.15) is 0 Å². The summed E-state index contributed by atoms with van der Waals surface area (Å²) in [7, 11) is -53.9. The Kier molecular flexibility index (Phi) is 7.69. The van der Waals surface area contributed by atoms with Crippen LogP contribution in [0.25, 0.3) is 0 Å². The predicted molar refractivity (Wildman–Crippen MR) is 124 cm³/mol. The molecule has 12 radical (unpaired) electrons. The van der Waals surface area contributed by atoms with Gasteiger partial charge in [0.2, 0.25) is 0 Å². The third-order valence-corrected chi connectivity index (χ3v) is 43.0. The Morgan fingerprint density at radius 3 is 0.628 bits per heavy atom. The van der Waals surface area contributed by atoms with Crippen LogP contribution in [0.2, 0.25) is 0 Å². The van der Waals surface area contributed by atoms with E-state index >= 15 is 0 Å². The van der Waals surface area contributed by atoms with Crippen molar-refractivity contribution in [3.8, 4) is 0 Å². The van der Waals surface area contributed by atoms with Gasteiger partial charge in [-0.25, -0.2) is 0 Å². The van der Waals surface area contributed by atoms with Gasteiger partial charge in [0, 0.05) is 0 Å². The molecule has 0 aromatic carbocycles. The molecule has 0 aromatic heterocycles. The van der Waals surface area contributed by atoms with Crippen LogP contribution >= 0.6 is 0 Å². The van der Waals surface area contributed by atoms with Gasteiger partial charge in [0.05, 0.1) is 0 Å². The van der Waals surface area contributed by atoms with Crippen molar-refractivity contribution < 1.29 is 112 Å². The zero-order valence-corrected chi connectivity index (χ0v) is 35.1. The van der Waals surface area contributed by atoms with Gasteiger partial charge in [-0.2, -0.15) is 0 Å². The second-order valence-corrected chi connectivity index (χ2v) is 38.1. The Morgan fingerprint density at radius 1 is 0.279 bits per heavy atom. The van der Waals surface area contributed by atoms with Gasteiger partial charge in [0.15, 0.2) is 0 Å². The Morgan fingerprint density at radius 2 is 0.442 bits per heavy atom. The molecule has 0 amide bonds. The summed E-state index contributed by atoms with van der Waals surface area (Å²) in [5.74, 6) is 0. The van der Waals surface area contributed by atoms with Crippen LogP contribution in [0.3, 0.4) is 0 Å². The maximum atomic E-state index is 10.8. The van der Waals surface area contributed by atoms with Crippen LogP contribution in [-0.4, -0.2) is 160 Å². The van der Waals surface area contributed by atoms with Crippen LogP contribution in [0, 0.1) is 0 Å². The summed E-state index contributed by atoms with van der Waals surface area (Å²) >= 11 is 0. The first-order valence-corrected chi connectivity index (χ1v) is 32.0. The lowest BCUT2D eigenvalue weighted by molar-refractivity contribution is -0.0423. The van der Waals surface area contributed by atoms with E-state index in [1.54, 1.807) is 0 Å². The average Bonchev–Trinajstić information content (AvgIpc) is 2.76. The van der Waals surface area contributed by atoms with E-state index in [1.165, 1.54) is 0 Å². The highest BCUT2D eigenvalue weighted by Gasteiger charge is 2.77. The van der Waals surface area contributed by atoms with Gasteiger partial charge in [-0.1, -0.05) is 0 Å². The SMILES string of the molecule is O[Si]12O[Si]3O[Si]4O[Si](O[Si]5O[Si](O[Si](O3)O[Si](O[Si]36O[Si]7O[Si]8O[Si](O[Si]9O[Si](O[Si](O7)O[Si](O)(O8)O9)O3)O6)(O4)O5)O1)O2. The molecule has 228 valence electrons. The monoisotopic (exact) mass is 882 g/mol. The first-order chi connectivity index (χ1) is 20.6. The number of rotatable bonds is 2. The molecule has 12 aliphatic heterocycles. The van der Waals surface area contributed by atoms with Crippen molar-refractivity contribution in [3.05, 3.63) is 0 Å². The van der Waals surface area contributed by atoms with Gasteiger partial charge in [-0.05, 0) is 0 Å². The average molecular weight is 883 g/mol. The topological polar surface area (TPSA) is 271 Å². The molecule has 0 unspecified atom stereocenters. The van der Waals surface area contributed by atoms with E-state index in [0.717, 1.165) is 0 Å². The quantitative estimate of drug-likeness (QED) is 0.244. The predicted octanol–water partition coefficient (Wildman–Crippen LogP) is -8.92. The zero-order chi connectivity index (χ0) is 28.6. The van der Waals surface area contributed by atoms with E-state index in [9.17, 15) is 9.59 Å². The fourth-order valence-corrected chi connectivity index (χ4v) is 50.3. The maximum Gasteiger partial charge on any atom is 0.654 e. The third kappa shape index (κ3) is 5.89. The van der Waals surface area contributed by atoms with Crippen molar-refractivity contribution in [1.29, 1.82) is 0 Å². The van der Waals surface area contributed by atoms with Crippen LogP contribution in [-0.2, 0) is 103 Å². The first kappa shape index (κ1) is 30.2. The third-order valence-electron chi connectivity index (χ3n) is 4.77. The van der Waals surface area contributed by atoms with Crippen molar-refractivity contribution >= 4 is 151 Å². The van der Waals surface area contributed by atoms with Crippen molar-refractivity contribution in [2.75, 3.05) is 0 Å². The van der Waals surface area contributed by atoms with Crippen molar-refractivity contribution in [2.24, 2.45) is 0 Å². The molecule has 0 aliphatic carbocycles. The van der Waals surface area contributed by atoms with Gasteiger partial charge in [0.1, 0.15) is 0 Å². The van der Waals surface area contributed by atoms with E-state index < -0.39 is 151 Å². The normalized spacial score (nSPS) is 37.8. The Hall–Kier alpha value is 2.39. The summed E-state index contributed by atoms with van der Waals surface area (Å²) in [4.78, 5) is 21.7. The van der Waals surface area contributed by atoms with Gasteiger partial charge in [-0.15, -0.1) is 0 Å². The highest BCUT2D eigenvalue weighted by atomic mass is 28.6. The van der Waals surface area contributed by atoms with Crippen molar-refractivity contribution in [1.82, 2.24) is 0 Å². The van der Waals surface area contributed by atoms with Crippen LogP contribution in [0.15, 0.2) is 0 Å².